The minimum absolute atomic E-state index is 0.0296. The highest BCUT2D eigenvalue weighted by Gasteiger charge is 2.42. The SMILES string of the molecule is CC1(C)C2=C(C=CCC2)c2c1c1cc(-c3ccc(N(c4ccccc4)c4ccc5c(c4)C(C)(C)c4ccccc4-5)cc3)ccc1n2-c1ccccc1. The van der Waals surface area contributed by atoms with E-state index in [0.717, 1.165) is 24.2 Å². The standard InChI is InChI=1S/C50H42N2/c1-49(2)43-21-13-11-19-39(43)40-29-28-38(32-45(40)49)51(35-15-7-5-8-16-35)37-26-23-33(24-27-37)34-25-30-46-42(31-34)47-48(52(46)36-17-9-6-10-18-36)41-20-12-14-22-44(41)50(47,3)4/h5-13,15-21,23-32H,14,22H2,1-4H3. The molecule has 1 aromatic heterocycles. The molecule has 10 rings (SSSR count). The second-order valence-electron chi connectivity index (χ2n) is 15.7. The maximum absolute atomic E-state index is 2.51. The summed E-state index contributed by atoms with van der Waals surface area (Å²) >= 11 is 0. The first kappa shape index (κ1) is 30.9. The molecule has 1 heterocycles. The van der Waals surface area contributed by atoms with Crippen LogP contribution in [0.4, 0.5) is 17.1 Å². The van der Waals surface area contributed by atoms with Gasteiger partial charge in [-0.25, -0.2) is 0 Å². The zero-order chi connectivity index (χ0) is 35.2. The Morgan fingerprint density at radius 3 is 2.00 bits per heavy atom. The van der Waals surface area contributed by atoms with E-state index in [-0.39, 0.29) is 10.8 Å². The molecule has 2 heteroatoms. The summed E-state index contributed by atoms with van der Waals surface area (Å²) in [5.74, 6) is 0. The highest BCUT2D eigenvalue weighted by atomic mass is 15.1. The van der Waals surface area contributed by atoms with Crippen LogP contribution in [0.5, 0.6) is 0 Å². The van der Waals surface area contributed by atoms with Crippen molar-refractivity contribution in [1.29, 1.82) is 0 Å². The highest BCUT2D eigenvalue weighted by molar-refractivity contribution is 6.01. The number of anilines is 3. The highest BCUT2D eigenvalue weighted by Crippen LogP contribution is 2.55. The van der Waals surface area contributed by atoms with Crippen LogP contribution < -0.4 is 4.90 Å². The number of para-hydroxylation sites is 2. The van der Waals surface area contributed by atoms with Crippen LogP contribution in [0.2, 0.25) is 0 Å². The largest absolute Gasteiger partial charge is 0.310 e. The number of hydrogen-bond donors (Lipinski definition) is 0. The molecule has 252 valence electrons. The van der Waals surface area contributed by atoms with Crippen molar-refractivity contribution in [3.8, 4) is 27.9 Å². The van der Waals surface area contributed by atoms with E-state index in [4.69, 9.17) is 0 Å². The first-order chi connectivity index (χ1) is 25.3. The third-order valence-electron chi connectivity index (χ3n) is 12.1. The molecule has 0 fully saturated rings. The minimum Gasteiger partial charge on any atom is -0.310 e. The fourth-order valence-electron chi connectivity index (χ4n) is 9.55. The summed E-state index contributed by atoms with van der Waals surface area (Å²) in [5, 5.41) is 1.35. The van der Waals surface area contributed by atoms with Crippen molar-refractivity contribution in [1.82, 2.24) is 4.57 Å². The predicted octanol–water partition coefficient (Wildman–Crippen LogP) is 13.5. The van der Waals surface area contributed by atoms with Crippen LogP contribution in [0.1, 0.15) is 62.9 Å². The van der Waals surface area contributed by atoms with Crippen LogP contribution in [0.25, 0.3) is 44.4 Å². The lowest BCUT2D eigenvalue weighted by Crippen LogP contribution is -2.17. The summed E-state index contributed by atoms with van der Waals surface area (Å²) in [4.78, 5) is 2.39. The molecule has 0 bridgehead atoms. The van der Waals surface area contributed by atoms with Crippen LogP contribution in [0, 0.1) is 0 Å². The molecule has 0 aliphatic heterocycles. The van der Waals surface area contributed by atoms with Gasteiger partial charge in [-0.15, -0.1) is 0 Å². The van der Waals surface area contributed by atoms with Crippen molar-refractivity contribution in [3.63, 3.8) is 0 Å². The minimum atomic E-state index is -0.0634. The quantitative estimate of drug-likeness (QED) is 0.177. The van der Waals surface area contributed by atoms with Gasteiger partial charge in [0.1, 0.15) is 0 Å². The Kier molecular flexibility index (Phi) is 6.73. The van der Waals surface area contributed by atoms with E-state index >= 15 is 0 Å². The zero-order valence-electron chi connectivity index (χ0n) is 30.3. The molecule has 0 spiro atoms. The molecule has 6 aromatic carbocycles. The van der Waals surface area contributed by atoms with Crippen LogP contribution in [0.15, 0.2) is 163 Å². The third-order valence-corrected chi connectivity index (χ3v) is 12.1. The molecule has 0 saturated heterocycles. The van der Waals surface area contributed by atoms with Gasteiger partial charge in [0.25, 0.3) is 0 Å². The Morgan fingerprint density at radius 2 is 1.21 bits per heavy atom. The van der Waals surface area contributed by atoms with Gasteiger partial charge in [-0.2, -0.15) is 0 Å². The van der Waals surface area contributed by atoms with E-state index in [1.807, 2.05) is 0 Å². The lowest BCUT2D eigenvalue weighted by Gasteiger charge is -2.28. The molecule has 0 unspecified atom stereocenters. The zero-order valence-corrected chi connectivity index (χ0v) is 30.3. The molecule has 3 aliphatic rings. The van der Waals surface area contributed by atoms with Crippen molar-refractivity contribution in [3.05, 3.63) is 186 Å². The number of hydrogen-bond acceptors (Lipinski definition) is 1. The van der Waals surface area contributed by atoms with Crippen LogP contribution in [-0.2, 0) is 10.8 Å². The third kappa shape index (κ3) is 4.43. The number of allylic oxidation sites excluding steroid dienone is 4. The van der Waals surface area contributed by atoms with Gasteiger partial charge in [0.2, 0.25) is 0 Å². The van der Waals surface area contributed by atoms with Crippen LogP contribution in [-0.4, -0.2) is 4.57 Å². The first-order valence-corrected chi connectivity index (χ1v) is 18.7. The van der Waals surface area contributed by atoms with Crippen molar-refractivity contribution < 1.29 is 0 Å². The Morgan fingerprint density at radius 1 is 0.558 bits per heavy atom. The topological polar surface area (TPSA) is 8.17 Å². The van der Waals surface area contributed by atoms with E-state index in [0.29, 0.717) is 0 Å². The summed E-state index contributed by atoms with van der Waals surface area (Å²) in [5.41, 5.74) is 19.6. The van der Waals surface area contributed by atoms with Gasteiger partial charge in [-0.05, 0) is 118 Å². The number of aromatic nitrogens is 1. The molecule has 0 radical (unpaired) electrons. The van der Waals surface area contributed by atoms with Gasteiger partial charge < -0.3 is 9.47 Å². The van der Waals surface area contributed by atoms with Gasteiger partial charge in [0.05, 0.1) is 11.2 Å². The number of rotatable bonds is 5. The number of benzene rings is 6. The van der Waals surface area contributed by atoms with E-state index in [9.17, 15) is 0 Å². The van der Waals surface area contributed by atoms with Crippen molar-refractivity contribution in [2.24, 2.45) is 0 Å². The van der Waals surface area contributed by atoms with Gasteiger partial charge in [-0.3, -0.25) is 0 Å². The van der Waals surface area contributed by atoms with Crippen molar-refractivity contribution >= 4 is 33.5 Å². The monoisotopic (exact) mass is 670 g/mol. The normalized spacial score (nSPS) is 16.1. The lowest BCUT2D eigenvalue weighted by molar-refractivity contribution is 0.612. The maximum atomic E-state index is 2.51. The van der Waals surface area contributed by atoms with Crippen LogP contribution in [0.3, 0.4) is 0 Å². The van der Waals surface area contributed by atoms with E-state index in [1.165, 1.54) is 72.5 Å². The van der Waals surface area contributed by atoms with E-state index < -0.39 is 0 Å². The predicted molar refractivity (Wildman–Crippen MR) is 219 cm³/mol. The Labute approximate surface area is 307 Å². The first-order valence-electron chi connectivity index (χ1n) is 18.7. The molecule has 52 heavy (non-hydrogen) atoms. The van der Waals surface area contributed by atoms with E-state index in [1.54, 1.807) is 5.57 Å². The molecule has 2 nitrogen and oxygen atoms in total. The van der Waals surface area contributed by atoms with E-state index in [2.05, 4.69) is 195 Å². The Balaban J connectivity index is 1.08. The Bertz CT molecular complexity index is 2600. The van der Waals surface area contributed by atoms with Gasteiger partial charge in [0, 0.05) is 39.0 Å². The summed E-state index contributed by atoms with van der Waals surface area (Å²) in [6.45, 7) is 9.57. The molecule has 0 saturated carbocycles. The fraction of sp³-hybridized carbons (Fsp3) is 0.160. The average molecular weight is 671 g/mol. The molecule has 7 aromatic rings. The molecular formula is C50H42N2. The lowest BCUT2D eigenvalue weighted by atomic mass is 9.77. The summed E-state index contributed by atoms with van der Waals surface area (Å²) in [6.07, 6.45) is 6.97. The summed E-state index contributed by atoms with van der Waals surface area (Å²) in [6, 6.07) is 53.8. The average Bonchev–Trinajstić information content (AvgIpc) is 3.74. The molecule has 0 atom stereocenters. The van der Waals surface area contributed by atoms with Gasteiger partial charge in [0.15, 0.2) is 0 Å². The van der Waals surface area contributed by atoms with Crippen molar-refractivity contribution in [2.75, 3.05) is 4.90 Å². The summed E-state index contributed by atoms with van der Waals surface area (Å²) < 4.78 is 2.51. The molecule has 0 N–H and O–H groups in total. The smallest absolute Gasteiger partial charge is 0.0581 e. The second kappa shape index (κ2) is 11.3. The van der Waals surface area contributed by atoms with Gasteiger partial charge >= 0.3 is 0 Å². The molecular weight excluding hydrogens is 629 g/mol. The molecule has 3 aliphatic carbocycles. The fourth-order valence-corrected chi connectivity index (χ4v) is 9.55. The van der Waals surface area contributed by atoms with Crippen LogP contribution >= 0.6 is 0 Å². The molecule has 0 amide bonds. The number of fused-ring (bicyclic) bond motifs is 7. The van der Waals surface area contributed by atoms with Crippen molar-refractivity contribution in [2.45, 2.75) is 51.4 Å². The second-order valence-corrected chi connectivity index (χ2v) is 15.7. The van der Waals surface area contributed by atoms with Gasteiger partial charge in [-0.1, -0.05) is 130 Å². The maximum Gasteiger partial charge on any atom is 0.0581 e. The Hall–Kier alpha value is -5.86. The number of nitrogens with zero attached hydrogens (tertiary/aromatic N) is 2. The summed E-state index contributed by atoms with van der Waals surface area (Å²) in [7, 11) is 0.